The largest absolute Gasteiger partial charge is 0.395 e. The van der Waals surface area contributed by atoms with Gasteiger partial charge in [0.25, 0.3) is 0 Å². The van der Waals surface area contributed by atoms with Gasteiger partial charge in [0.15, 0.2) is 11.6 Å². The minimum absolute atomic E-state index is 0.0868. The van der Waals surface area contributed by atoms with Crippen molar-refractivity contribution in [1.82, 2.24) is 9.80 Å². The van der Waals surface area contributed by atoms with Gasteiger partial charge < -0.3 is 30.6 Å². The van der Waals surface area contributed by atoms with Crippen LogP contribution in [0.3, 0.4) is 0 Å². The van der Waals surface area contributed by atoms with Crippen molar-refractivity contribution in [2.24, 2.45) is 0 Å². The number of fused-ring (bicyclic) bond motifs is 2. The summed E-state index contributed by atoms with van der Waals surface area (Å²) in [6.07, 6.45) is 0. The van der Waals surface area contributed by atoms with E-state index in [9.17, 15) is 9.59 Å². The van der Waals surface area contributed by atoms with Crippen LogP contribution in [-0.4, -0.2) is 98.2 Å². The normalized spacial score (nSPS) is 12.8. The molecule has 4 N–H and O–H groups in total. The van der Waals surface area contributed by atoms with Crippen LogP contribution in [0.1, 0.15) is 31.8 Å². The number of benzene rings is 2. The highest BCUT2D eigenvalue weighted by atomic mass is 16.3. The summed E-state index contributed by atoms with van der Waals surface area (Å²) in [7, 11) is 3.83. The fourth-order valence-corrected chi connectivity index (χ4v) is 3.85. The molecule has 0 radical (unpaired) electrons. The maximum absolute atomic E-state index is 13.4. The Morgan fingerprint density at radius 3 is 1.47 bits per heavy atom. The summed E-state index contributed by atoms with van der Waals surface area (Å²) < 4.78 is 0. The molecule has 0 atom stereocenters. The topological polar surface area (TPSA) is 105 Å². The first-order valence-electron chi connectivity index (χ1n) is 10.9. The third-order valence-electron chi connectivity index (χ3n) is 5.66. The number of rotatable bonds is 12. The third kappa shape index (κ3) is 5.34. The van der Waals surface area contributed by atoms with Gasteiger partial charge in [-0.3, -0.25) is 9.59 Å². The Balaban J connectivity index is 1.89. The highest BCUT2D eigenvalue weighted by molar-refractivity contribution is 6.31. The zero-order valence-corrected chi connectivity index (χ0v) is 18.7. The van der Waals surface area contributed by atoms with Crippen LogP contribution in [0.2, 0.25) is 0 Å². The summed E-state index contributed by atoms with van der Waals surface area (Å²) in [5.41, 5.74) is 2.90. The number of nitrogens with zero attached hydrogens (tertiary/aromatic N) is 2. The van der Waals surface area contributed by atoms with Crippen molar-refractivity contribution in [2.45, 2.75) is 0 Å². The van der Waals surface area contributed by atoms with E-state index in [2.05, 4.69) is 10.6 Å². The van der Waals surface area contributed by atoms with E-state index in [0.717, 1.165) is 0 Å². The fourth-order valence-electron chi connectivity index (χ4n) is 3.85. The monoisotopic (exact) mass is 440 g/mol. The summed E-state index contributed by atoms with van der Waals surface area (Å²) in [6, 6.07) is 10.6. The van der Waals surface area contributed by atoms with Crippen LogP contribution in [0.4, 0.5) is 11.4 Å². The Bertz CT molecular complexity index is 887. The van der Waals surface area contributed by atoms with Crippen molar-refractivity contribution in [3.8, 4) is 0 Å². The number of anilines is 2. The van der Waals surface area contributed by atoms with Crippen molar-refractivity contribution in [2.75, 3.05) is 77.2 Å². The van der Waals surface area contributed by atoms with Crippen molar-refractivity contribution < 1.29 is 19.8 Å². The first-order valence-corrected chi connectivity index (χ1v) is 10.9. The molecule has 0 saturated heterocycles. The second kappa shape index (κ2) is 11.2. The van der Waals surface area contributed by atoms with E-state index in [1.165, 1.54) is 0 Å². The summed E-state index contributed by atoms with van der Waals surface area (Å²) in [6.45, 7) is 3.83. The highest BCUT2D eigenvalue weighted by Crippen LogP contribution is 2.36. The number of aliphatic hydroxyl groups is 2. The molecule has 0 saturated carbocycles. The molecule has 0 unspecified atom stereocenters. The molecule has 0 fully saturated rings. The van der Waals surface area contributed by atoms with Crippen molar-refractivity contribution >= 4 is 22.9 Å². The average molecular weight is 441 g/mol. The number of aliphatic hydroxyl groups excluding tert-OH is 2. The second-order valence-corrected chi connectivity index (χ2v) is 8.02. The molecule has 32 heavy (non-hydrogen) atoms. The Morgan fingerprint density at radius 1 is 0.688 bits per heavy atom. The summed E-state index contributed by atoms with van der Waals surface area (Å²) in [5.74, 6) is -0.329. The zero-order valence-electron chi connectivity index (χ0n) is 18.7. The molecule has 2 aromatic carbocycles. The Labute approximate surface area is 188 Å². The van der Waals surface area contributed by atoms with Gasteiger partial charge in [-0.2, -0.15) is 0 Å². The van der Waals surface area contributed by atoms with Crippen LogP contribution in [0, 0.1) is 0 Å². The molecule has 0 bridgehead atoms. The zero-order chi connectivity index (χ0) is 23.1. The molecule has 0 heterocycles. The molecule has 0 amide bonds. The number of nitrogens with one attached hydrogen (secondary N) is 2. The number of carbonyl (C=O) groups excluding carboxylic acids is 2. The summed E-state index contributed by atoms with van der Waals surface area (Å²) in [4.78, 5) is 30.8. The first kappa shape index (κ1) is 23.9. The van der Waals surface area contributed by atoms with Crippen LogP contribution >= 0.6 is 0 Å². The van der Waals surface area contributed by atoms with E-state index in [1.54, 1.807) is 24.3 Å². The highest BCUT2D eigenvalue weighted by Gasteiger charge is 2.33. The number of hydrogen-bond acceptors (Lipinski definition) is 8. The molecule has 0 aliphatic heterocycles. The number of hydrogen-bond donors (Lipinski definition) is 4. The number of likely N-dealkylation sites (N-methyl/N-ethyl adjacent to an activating group) is 2. The van der Waals surface area contributed by atoms with E-state index >= 15 is 0 Å². The number of carbonyl (C=O) groups is 2. The first-order chi connectivity index (χ1) is 15.5. The minimum Gasteiger partial charge on any atom is -0.395 e. The van der Waals surface area contributed by atoms with Crippen molar-refractivity contribution in [1.29, 1.82) is 0 Å². The predicted octanol–water partition coefficient (Wildman–Crippen LogP) is 1.13. The molecule has 0 aromatic heterocycles. The lowest BCUT2D eigenvalue weighted by molar-refractivity contribution is 0.0980. The van der Waals surface area contributed by atoms with Crippen molar-refractivity contribution in [3.05, 3.63) is 58.7 Å². The van der Waals surface area contributed by atoms with Gasteiger partial charge in [0.1, 0.15) is 0 Å². The average Bonchev–Trinajstić information content (AvgIpc) is 2.78. The Morgan fingerprint density at radius 2 is 1.09 bits per heavy atom. The van der Waals surface area contributed by atoms with Gasteiger partial charge in [0, 0.05) is 61.8 Å². The molecule has 8 nitrogen and oxygen atoms in total. The van der Waals surface area contributed by atoms with E-state index in [-0.39, 0.29) is 24.8 Å². The van der Waals surface area contributed by atoms with E-state index < -0.39 is 0 Å². The lowest BCUT2D eigenvalue weighted by Crippen LogP contribution is -2.30. The van der Waals surface area contributed by atoms with Crippen LogP contribution in [-0.2, 0) is 0 Å². The summed E-state index contributed by atoms with van der Waals surface area (Å²) >= 11 is 0. The Hall–Kier alpha value is -2.78. The van der Waals surface area contributed by atoms with Crippen LogP contribution in [0.5, 0.6) is 0 Å². The van der Waals surface area contributed by atoms with E-state index in [4.69, 9.17) is 10.2 Å². The smallest absolute Gasteiger partial charge is 0.196 e. The molecular formula is C24H32N4O4. The van der Waals surface area contributed by atoms with Gasteiger partial charge in [-0.15, -0.1) is 0 Å². The van der Waals surface area contributed by atoms with E-state index in [1.807, 2.05) is 36.0 Å². The van der Waals surface area contributed by atoms with Crippen LogP contribution in [0.15, 0.2) is 36.4 Å². The maximum atomic E-state index is 13.4. The predicted molar refractivity (Wildman–Crippen MR) is 126 cm³/mol. The number of ketones is 2. The lowest BCUT2D eigenvalue weighted by atomic mass is 9.82. The van der Waals surface area contributed by atoms with Crippen molar-refractivity contribution in [3.63, 3.8) is 0 Å². The minimum atomic E-state index is -0.164. The molecule has 8 heteroatoms. The fraction of sp³-hybridized carbons (Fsp3) is 0.417. The van der Waals surface area contributed by atoms with Gasteiger partial charge in [0.05, 0.1) is 24.3 Å². The third-order valence-corrected chi connectivity index (χ3v) is 5.66. The lowest BCUT2D eigenvalue weighted by Gasteiger charge is -2.25. The maximum Gasteiger partial charge on any atom is 0.196 e. The quantitative estimate of drug-likeness (QED) is 0.332. The second-order valence-electron chi connectivity index (χ2n) is 8.02. The molecule has 1 aliphatic rings. The molecular weight excluding hydrogens is 408 g/mol. The van der Waals surface area contributed by atoms with Gasteiger partial charge in [-0.1, -0.05) is 24.3 Å². The molecule has 172 valence electrons. The molecule has 3 rings (SSSR count). The van der Waals surface area contributed by atoms with Gasteiger partial charge >= 0.3 is 0 Å². The summed E-state index contributed by atoms with van der Waals surface area (Å²) in [5, 5.41) is 24.7. The standard InChI is InChI=1S/C24H32N4O4/c1-27(13-15-29)11-9-25-19-7-8-20(26-10-12-28(2)14-16-30)22-21(19)23(31)17-5-3-4-6-18(17)24(22)32/h3-8,25-26,29-30H,9-16H2,1-2H3. The van der Waals surface area contributed by atoms with E-state index in [0.29, 0.717) is 72.9 Å². The Kier molecular flexibility index (Phi) is 8.35. The van der Waals surface area contributed by atoms with Crippen LogP contribution in [0.25, 0.3) is 0 Å². The van der Waals surface area contributed by atoms with Gasteiger partial charge in [0.2, 0.25) is 0 Å². The van der Waals surface area contributed by atoms with Crippen LogP contribution < -0.4 is 10.6 Å². The van der Waals surface area contributed by atoms with Gasteiger partial charge in [-0.25, -0.2) is 0 Å². The van der Waals surface area contributed by atoms with Gasteiger partial charge in [-0.05, 0) is 26.2 Å². The molecule has 0 spiro atoms. The SMILES string of the molecule is CN(CCO)CCNc1ccc(NCCN(C)CCO)c2c1C(=O)c1ccccc1C2=O. The molecule has 2 aromatic rings. The molecule has 1 aliphatic carbocycles.